The quantitative estimate of drug-likeness (QED) is 0.592. The molecule has 0 amide bonds. The summed E-state index contributed by atoms with van der Waals surface area (Å²) >= 11 is 0. The van der Waals surface area contributed by atoms with Crippen LogP contribution in [0.15, 0.2) is 48.7 Å². The van der Waals surface area contributed by atoms with E-state index in [0.29, 0.717) is 0 Å². The molecule has 78 valence electrons. The van der Waals surface area contributed by atoms with Crippen molar-refractivity contribution in [2.24, 2.45) is 0 Å². The molecule has 0 aliphatic heterocycles. The van der Waals surface area contributed by atoms with Crippen LogP contribution in [0.5, 0.6) is 0 Å². The monoisotopic (exact) mass is 214 g/mol. The highest BCUT2D eigenvalue weighted by Crippen LogP contribution is 2.20. The first-order valence-electron chi connectivity index (χ1n) is 5.22. The van der Waals surface area contributed by atoms with E-state index in [0.717, 1.165) is 10.2 Å². The summed E-state index contributed by atoms with van der Waals surface area (Å²) in [6.45, 7) is 7.76. The lowest BCUT2D eigenvalue weighted by Crippen LogP contribution is -1.82. The van der Waals surface area contributed by atoms with Crippen molar-refractivity contribution in [1.29, 1.82) is 0 Å². The number of aryl methyl sites for hydroxylation is 2. The zero-order valence-electron chi connectivity index (χ0n) is 9.75. The lowest BCUT2D eigenvalue weighted by molar-refractivity contribution is 1.38. The van der Waals surface area contributed by atoms with Crippen LogP contribution in [0, 0.1) is 13.8 Å². The third-order valence-electron chi connectivity index (χ3n) is 2.47. The van der Waals surface area contributed by atoms with Gasteiger partial charge in [0, 0.05) is 10.2 Å². The third kappa shape index (κ3) is 2.80. The largest absolute Gasteiger partial charge is 0.112 e. The minimum absolute atomic E-state index is 1.13. The van der Waals surface area contributed by atoms with Gasteiger partial charge in [-0.1, -0.05) is 36.4 Å². The van der Waals surface area contributed by atoms with E-state index in [1.54, 1.807) is 0 Å². The predicted octanol–water partition coefficient (Wildman–Crippen LogP) is 2.95. The van der Waals surface area contributed by atoms with Crippen LogP contribution in [0.1, 0.15) is 11.1 Å². The van der Waals surface area contributed by atoms with Gasteiger partial charge in [0.2, 0.25) is 0 Å². The van der Waals surface area contributed by atoms with Crippen molar-refractivity contribution in [3.05, 3.63) is 59.8 Å². The molecule has 0 saturated heterocycles. The Labute approximate surface area is 95.1 Å². The Balaban J connectivity index is 0.000000337. The van der Waals surface area contributed by atoms with Gasteiger partial charge in [-0.15, -0.1) is 12.3 Å². The van der Waals surface area contributed by atoms with E-state index in [1.807, 2.05) is 5.70 Å². The smallest absolute Gasteiger partial charge is 0.0283 e. The highest BCUT2D eigenvalue weighted by molar-refractivity contribution is 6.16. The van der Waals surface area contributed by atoms with Crippen molar-refractivity contribution in [2.75, 3.05) is 0 Å². The number of benzene rings is 2. The van der Waals surface area contributed by atoms with Gasteiger partial charge in [0.25, 0.3) is 0 Å². The van der Waals surface area contributed by atoms with Crippen LogP contribution in [0.3, 0.4) is 0 Å². The van der Waals surface area contributed by atoms with E-state index in [1.165, 1.54) is 21.9 Å². The Morgan fingerprint density at radius 2 is 1.67 bits per heavy atom. The third-order valence-corrected chi connectivity index (χ3v) is 2.47. The Bertz CT molecular complexity index is 458. The molecule has 0 aliphatic carbocycles. The molecule has 2 rings (SSSR count). The van der Waals surface area contributed by atoms with Crippen molar-refractivity contribution in [1.82, 2.24) is 0 Å². The van der Waals surface area contributed by atoms with Crippen LogP contribution in [0.25, 0.3) is 10.8 Å². The fraction of sp³-hybridized carbons (Fsp3) is 0.143. The minimum atomic E-state index is 1.13. The highest BCUT2D eigenvalue weighted by atomic mass is 28.1. The van der Waals surface area contributed by atoms with Gasteiger partial charge >= 0.3 is 0 Å². The lowest BCUT2D eigenvalue weighted by atomic mass is 10.0. The molecule has 1 heteroatoms. The van der Waals surface area contributed by atoms with Gasteiger partial charge in [-0.25, -0.2) is 0 Å². The van der Waals surface area contributed by atoms with Crippen molar-refractivity contribution in [2.45, 2.75) is 13.8 Å². The molecule has 0 heterocycles. The first kappa shape index (κ1) is 11.7. The molecule has 0 nitrogen and oxygen atoms in total. The van der Waals surface area contributed by atoms with E-state index in [9.17, 15) is 0 Å². The van der Waals surface area contributed by atoms with Crippen LogP contribution < -0.4 is 0 Å². The fourth-order valence-electron chi connectivity index (χ4n) is 1.54. The molecule has 0 bridgehead atoms. The molecule has 0 spiro atoms. The SMILES string of the molecule is C=C[SiH3].Cc1ccc2ccccc2c1C. The summed E-state index contributed by atoms with van der Waals surface area (Å²) < 4.78 is 0. The van der Waals surface area contributed by atoms with E-state index < -0.39 is 0 Å². The summed E-state index contributed by atoms with van der Waals surface area (Å²) in [4.78, 5) is 0. The van der Waals surface area contributed by atoms with Gasteiger partial charge < -0.3 is 0 Å². The summed E-state index contributed by atoms with van der Waals surface area (Å²) in [6.07, 6.45) is 0. The summed E-state index contributed by atoms with van der Waals surface area (Å²) in [5.74, 6) is 0. The molecular formula is C14H18Si. The summed E-state index contributed by atoms with van der Waals surface area (Å²) in [6, 6.07) is 12.9. The van der Waals surface area contributed by atoms with Crippen molar-refractivity contribution in [3.63, 3.8) is 0 Å². The van der Waals surface area contributed by atoms with Crippen molar-refractivity contribution < 1.29 is 0 Å². The topological polar surface area (TPSA) is 0 Å². The van der Waals surface area contributed by atoms with E-state index in [-0.39, 0.29) is 0 Å². The van der Waals surface area contributed by atoms with Crippen LogP contribution in [0.2, 0.25) is 0 Å². The highest BCUT2D eigenvalue weighted by Gasteiger charge is 1.97. The molecule has 0 unspecified atom stereocenters. The predicted molar refractivity (Wildman–Crippen MR) is 73.6 cm³/mol. The summed E-state index contributed by atoms with van der Waals surface area (Å²) in [5.41, 5.74) is 4.65. The number of hydrogen-bond donors (Lipinski definition) is 0. The average Bonchev–Trinajstić information content (AvgIpc) is 2.25. The normalized spacial score (nSPS) is 9.47. The van der Waals surface area contributed by atoms with Gasteiger partial charge in [0.1, 0.15) is 0 Å². The standard InChI is InChI=1S/C12H12.C2H6Si/c1-9-7-8-11-5-3-4-6-12(11)10(9)2;1-2-3/h3-8H,1-2H3;2H,1H2,3H3. The molecular weight excluding hydrogens is 196 g/mol. The molecule has 0 saturated carbocycles. The number of hydrogen-bond acceptors (Lipinski definition) is 0. The molecule has 0 N–H and O–H groups in total. The maximum absolute atomic E-state index is 3.42. The zero-order valence-corrected chi connectivity index (χ0v) is 11.7. The fourth-order valence-corrected chi connectivity index (χ4v) is 1.54. The van der Waals surface area contributed by atoms with Crippen LogP contribution >= 0.6 is 0 Å². The van der Waals surface area contributed by atoms with E-state index >= 15 is 0 Å². The van der Waals surface area contributed by atoms with Gasteiger partial charge in [-0.3, -0.25) is 0 Å². The Kier molecular flexibility index (Phi) is 4.31. The second-order valence-corrected chi connectivity index (χ2v) is 4.45. The Morgan fingerprint density at radius 1 is 1.07 bits per heavy atom. The Morgan fingerprint density at radius 3 is 2.33 bits per heavy atom. The first-order chi connectivity index (χ1) is 7.20. The molecule has 0 aliphatic rings. The number of fused-ring (bicyclic) bond motifs is 1. The second-order valence-electron chi connectivity index (χ2n) is 3.64. The maximum atomic E-state index is 3.42. The van der Waals surface area contributed by atoms with Gasteiger partial charge in [0.05, 0.1) is 0 Å². The van der Waals surface area contributed by atoms with E-state index in [2.05, 4.69) is 56.8 Å². The van der Waals surface area contributed by atoms with Gasteiger partial charge in [0.15, 0.2) is 0 Å². The summed E-state index contributed by atoms with van der Waals surface area (Å²) in [5, 5.41) is 2.71. The second kappa shape index (κ2) is 5.52. The van der Waals surface area contributed by atoms with E-state index in [4.69, 9.17) is 0 Å². The zero-order chi connectivity index (χ0) is 11.3. The average molecular weight is 214 g/mol. The number of rotatable bonds is 0. The van der Waals surface area contributed by atoms with Crippen molar-refractivity contribution in [3.8, 4) is 0 Å². The van der Waals surface area contributed by atoms with Gasteiger partial charge in [-0.2, -0.15) is 0 Å². The van der Waals surface area contributed by atoms with Crippen LogP contribution in [0.4, 0.5) is 0 Å². The molecule has 0 aromatic heterocycles. The molecule has 0 atom stereocenters. The van der Waals surface area contributed by atoms with Crippen LogP contribution in [-0.4, -0.2) is 10.2 Å². The van der Waals surface area contributed by atoms with Crippen LogP contribution in [-0.2, 0) is 0 Å². The lowest BCUT2D eigenvalue weighted by Gasteiger charge is -2.04. The molecule has 2 aromatic carbocycles. The molecule has 2 aromatic rings. The Hall–Kier alpha value is -1.34. The van der Waals surface area contributed by atoms with Crippen molar-refractivity contribution >= 4 is 21.0 Å². The first-order valence-corrected chi connectivity index (χ1v) is 6.38. The summed E-state index contributed by atoms with van der Waals surface area (Å²) in [7, 11) is 1.13. The molecule has 15 heavy (non-hydrogen) atoms. The molecule has 0 fully saturated rings. The minimum Gasteiger partial charge on any atom is -0.112 e. The van der Waals surface area contributed by atoms with Gasteiger partial charge in [-0.05, 0) is 35.7 Å². The maximum Gasteiger partial charge on any atom is 0.0283 e. The molecule has 0 radical (unpaired) electrons.